The Bertz CT molecular complexity index is 537. The molecule has 1 fully saturated rings. The van der Waals surface area contributed by atoms with Gasteiger partial charge >= 0.3 is 0 Å². The van der Waals surface area contributed by atoms with E-state index < -0.39 is 0 Å². The molecule has 1 aliphatic carbocycles. The summed E-state index contributed by atoms with van der Waals surface area (Å²) in [6.07, 6.45) is 3.66. The number of thiophene rings is 1. The van der Waals surface area contributed by atoms with Crippen LogP contribution in [0, 0.1) is 0 Å². The molecule has 0 saturated heterocycles. The molecule has 1 heterocycles. The van der Waals surface area contributed by atoms with Gasteiger partial charge in [-0.3, -0.25) is 0 Å². The van der Waals surface area contributed by atoms with Crippen LogP contribution >= 0.6 is 11.3 Å². The van der Waals surface area contributed by atoms with Crippen molar-refractivity contribution in [2.45, 2.75) is 24.7 Å². The predicted octanol–water partition coefficient (Wildman–Crippen LogP) is 3.29. The van der Waals surface area contributed by atoms with E-state index in [0.717, 1.165) is 12.3 Å². The second-order valence-corrected chi connectivity index (χ2v) is 5.76. The lowest BCUT2D eigenvalue weighted by Gasteiger charge is -2.42. The highest BCUT2D eigenvalue weighted by atomic mass is 32.1. The summed E-state index contributed by atoms with van der Waals surface area (Å²) in [4.78, 5) is 0. The second kappa shape index (κ2) is 4.00. The van der Waals surface area contributed by atoms with Crippen LogP contribution in [-0.4, -0.2) is 13.7 Å². The maximum absolute atomic E-state index is 5.99. The van der Waals surface area contributed by atoms with E-state index in [-0.39, 0.29) is 5.41 Å². The first kappa shape index (κ1) is 11.1. The normalized spacial score (nSPS) is 18.0. The minimum absolute atomic E-state index is 0.168. The van der Waals surface area contributed by atoms with Gasteiger partial charge in [0.1, 0.15) is 5.75 Å². The van der Waals surface area contributed by atoms with Gasteiger partial charge in [-0.15, -0.1) is 11.3 Å². The molecule has 1 aromatic heterocycles. The molecule has 0 aliphatic heterocycles. The van der Waals surface area contributed by atoms with Crippen LogP contribution in [0.1, 0.15) is 24.8 Å². The van der Waals surface area contributed by atoms with Crippen molar-refractivity contribution in [2.24, 2.45) is 5.73 Å². The maximum Gasteiger partial charge on any atom is 0.131 e. The lowest BCUT2D eigenvalue weighted by atomic mass is 9.64. The number of benzene rings is 1. The van der Waals surface area contributed by atoms with E-state index in [1.54, 1.807) is 18.4 Å². The first-order valence-electron chi connectivity index (χ1n) is 6.05. The molecule has 0 unspecified atom stereocenters. The number of fused-ring (bicyclic) bond motifs is 1. The molecular formula is C14H17NOS. The average molecular weight is 247 g/mol. The van der Waals surface area contributed by atoms with Crippen molar-refractivity contribution >= 4 is 21.4 Å². The molecule has 2 nitrogen and oxygen atoms in total. The lowest BCUT2D eigenvalue weighted by Crippen LogP contribution is -2.41. The number of hydrogen-bond acceptors (Lipinski definition) is 3. The minimum Gasteiger partial charge on any atom is -0.496 e. The number of ether oxygens (including phenoxy) is 1. The van der Waals surface area contributed by atoms with E-state index in [0.29, 0.717) is 0 Å². The Hall–Kier alpha value is -1.06. The fourth-order valence-electron chi connectivity index (χ4n) is 2.84. The van der Waals surface area contributed by atoms with Gasteiger partial charge in [0.05, 0.1) is 7.11 Å². The number of methoxy groups -OCH3 is 1. The van der Waals surface area contributed by atoms with Gasteiger partial charge in [0.25, 0.3) is 0 Å². The molecule has 3 heteroatoms. The first-order valence-corrected chi connectivity index (χ1v) is 6.93. The fourth-order valence-corrected chi connectivity index (χ4v) is 3.63. The molecule has 0 radical (unpaired) electrons. The van der Waals surface area contributed by atoms with E-state index in [1.807, 2.05) is 0 Å². The van der Waals surface area contributed by atoms with Crippen LogP contribution in [-0.2, 0) is 5.41 Å². The van der Waals surface area contributed by atoms with Crippen LogP contribution < -0.4 is 10.5 Å². The van der Waals surface area contributed by atoms with Crippen LogP contribution in [0.15, 0.2) is 23.6 Å². The molecule has 0 bridgehead atoms. The van der Waals surface area contributed by atoms with Crippen LogP contribution in [0.4, 0.5) is 0 Å². The molecule has 0 atom stereocenters. The summed E-state index contributed by atoms with van der Waals surface area (Å²) in [6.45, 7) is 0.721. The Morgan fingerprint density at radius 3 is 2.76 bits per heavy atom. The van der Waals surface area contributed by atoms with Crippen molar-refractivity contribution < 1.29 is 4.74 Å². The Morgan fingerprint density at radius 2 is 2.18 bits per heavy atom. The molecule has 90 valence electrons. The van der Waals surface area contributed by atoms with Crippen molar-refractivity contribution in [1.29, 1.82) is 0 Å². The summed E-state index contributed by atoms with van der Waals surface area (Å²) in [7, 11) is 1.76. The van der Waals surface area contributed by atoms with Gasteiger partial charge in [-0.05, 0) is 30.4 Å². The Balaban J connectivity index is 2.21. The topological polar surface area (TPSA) is 35.2 Å². The van der Waals surface area contributed by atoms with Gasteiger partial charge < -0.3 is 10.5 Å². The zero-order chi connectivity index (χ0) is 11.9. The Labute approximate surface area is 105 Å². The average Bonchev–Trinajstić information content (AvgIpc) is 2.76. The molecule has 1 saturated carbocycles. The highest BCUT2D eigenvalue weighted by molar-refractivity contribution is 7.17. The van der Waals surface area contributed by atoms with Gasteiger partial charge in [-0.25, -0.2) is 0 Å². The smallest absolute Gasteiger partial charge is 0.131 e. The minimum atomic E-state index is 0.168. The third-order valence-electron chi connectivity index (χ3n) is 4.06. The maximum atomic E-state index is 5.99. The Kier molecular flexibility index (Phi) is 2.60. The zero-order valence-electron chi connectivity index (χ0n) is 10.0. The number of nitrogens with two attached hydrogens (primary N) is 1. The zero-order valence-corrected chi connectivity index (χ0v) is 10.8. The third kappa shape index (κ3) is 1.49. The number of rotatable bonds is 3. The van der Waals surface area contributed by atoms with E-state index in [2.05, 4.69) is 23.6 Å². The van der Waals surface area contributed by atoms with Crippen molar-refractivity contribution in [2.75, 3.05) is 13.7 Å². The summed E-state index contributed by atoms with van der Waals surface area (Å²) in [5, 5.41) is 3.35. The first-order chi connectivity index (χ1) is 8.30. The molecule has 17 heavy (non-hydrogen) atoms. The van der Waals surface area contributed by atoms with Crippen molar-refractivity contribution in [3.63, 3.8) is 0 Å². The predicted molar refractivity (Wildman–Crippen MR) is 73.0 cm³/mol. The molecule has 1 aromatic carbocycles. The van der Waals surface area contributed by atoms with Crippen molar-refractivity contribution in [1.82, 2.24) is 0 Å². The molecule has 2 N–H and O–H groups in total. The van der Waals surface area contributed by atoms with E-state index >= 15 is 0 Å². The van der Waals surface area contributed by atoms with Gasteiger partial charge in [0.15, 0.2) is 0 Å². The molecule has 0 spiro atoms. The summed E-state index contributed by atoms with van der Waals surface area (Å²) in [5.41, 5.74) is 7.46. The standard InChI is InChI=1S/C14H17NOS/c1-16-13-10-5-8-17-12(10)4-3-11(13)14(9-15)6-2-7-14/h3-5,8H,2,6-7,9,15H2,1H3. The summed E-state index contributed by atoms with van der Waals surface area (Å²) < 4.78 is 6.94. The van der Waals surface area contributed by atoms with Crippen LogP contribution in [0.5, 0.6) is 5.75 Å². The largest absolute Gasteiger partial charge is 0.496 e. The van der Waals surface area contributed by atoms with Gasteiger partial charge in [0.2, 0.25) is 0 Å². The van der Waals surface area contributed by atoms with Gasteiger partial charge in [-0.1, -0.05) is 12.5 Å². The summed E-state index contributed by atoms with van der Waals surface area (Å²) in [5.74, 6) is 1.04. The molecule has 0 amide bonds. The van der Waals surface area contributed by atoms with E-state index in [1.165, 1.54) is 34.9 Å². The molecule has 1 aliphatic rings. The quantitative estimate of drug-likeness (QED) is 0.903. The Morgan fingerprint density at radius 1 is 1.35 bits per heavy atom. The highest BCUT2D eigenvalue weighted by Crippen LogP contribution is 2.48. The van der Waals surface area contributed by atoms with Crippen molar-refractivity contribution in [3.8, 4) is 5.75 Å². The van der Waals surface area contributed by atoms with E-state index in [9.17, 15) is 0 Å². The summed E-state index contributed by atoms with van der Waals surface area (Å²) in [6, 6.07) is 6.56. The summed E-state index contributed by atoms with van der Waals surface area (Å²) >= 11 is 1.76. The molecule has 3 rings (SSSR count). The fraction of sp³-hybridized carbons (Fsp3) is 0.429. The SMILES string of the molecule is COc1c(C2(CN)CCC2)ccc2sccc12. The molecule has 2 aromatic rings. The monoisotopic (exact) mass is 247 g/mol. The second-order valence-electron chi connectivity index (χ2n) is 4.82. The van der Waals surface area contributed by atoms with Gasteiger partial charge in [0, 0.05) is 27.6 Å². The molecular weight excluding hydrogens is 230 g/mol. The van der Waals surface area contributed by atoms with Crippen molar-refractivity contribution in [3.05, 3.63) is 29.1 Å². The highest BCUT2D eigenvalue weighted by Gasteiger charge is 2.39. The van der Waals surface area contributed by atoms with Crippen LogP contribution in [0.25, 0.3) is 10.1 Å². The van der Waals surface area contributed by atoms with Crippen LogP contribution in [0.3, 0.4) is 0 Å². The van der Waals surface area contributed by atoms with E-state index in [4.69, 9.17) is 10.5 Å². The third-order valence-corrected chi connectivity index (χ3v) is 4.94. The lowest BCUT2D eigenvalue weighted by molar-refractivity contribution is 0.244. The number of hydrogen-bond donors (Lipinski definition) is 1. The van der Waals surface area contributed by atoms with Crippen LogP contribution in [0.2, 0.25) is 0 Å². The van der Waals surface area contributed by atoms with Gasteiger partial charge in [-0.2, -0.15) is 0 Å².